The van der Waals surface area contributed by atoms with E-state index in [0.29, 0.717) is 17.0 Å². The normalized spacial score (nSPS) is 20.6. The molecule has 222 valence electrons. The number of likely N-dealkylation sites (N-methyl/N-ethyl adjacent to an activating group) is 1. The van der Waals surface area contributed by atoms with Crippen molar-refractivity contribution in [3.05, 3.63) is 111 Å². The molecule has 42 heavy (non-hydrogen) atoms. The number of fused-ring (bicyclic) bond motifs is 1. The van der Waals surface area contributed by atoms with Gasteiger partial charge >= 0.3 is 5.97 Å². The molecule has 0 aromatic heterocycles. The second-order valence-electron chi connectivity index (χ2n) is 13.1. The fraction of sp³-hybridized carbons (Fsp3) is 0.405. The largest absolute Gasteiger partial charge is 0.478 e. The molecule has 0 amide bonds. The third-order valence-electron chi connectivity index (χ3n) is 9.45. The first-order chi connectivity index (χ1) is 19.7. The number of ketones is 1. The Kier molecular flexibility index (Phi) is 9.20. The molecule has 2 aliphatic rings. The van der Waals surface area contributed by atoms with Crippen LogP contribution < -0.4 is 5.32 Å². The Balaban J connectivity index is 0.000000216. The molecule has 0 spiro atoms. The van der Waals surface area contributed by atoms with Gasteiger partial charge in [-0.2, -0.15) is 0 Å². The lowest BCUT2D eigenvalue weighted by Crippen LogP contribution is -2.49. The number of carbonyl (C=O) groups is 2. The maximum absolute atomic E-state index is 12.2. The van der Waals surface area contributed by atoms with Gasteiger partial charge in [0, 0.05) is 11.4 Å². The minimum Gasteiger partial charge on any atom is -0.478 e. The highest BCUT2D eigenvalue weighted by Crippen LogP contribution is 2.47. The Labute approximate surface area is 256 Å². The summed E-state index contributed by atoms with van der Waals surface area (Å²) >= 11 is 6.20. The Hall–Kier alpha value is -3.21. The number of rotatable bonds is 5. The van der Waals surface area contributed by atoms with Gasteiger partial charge in [0.2, 0.25) is 0 Å². The van der Waals surface area contributed by atoms with Gasteiger partial charge in [0.25, 0.3) is 0 Å². The number of Topliss-reactive ketones (excluding diaryl/α,β-unsaturated/α-hetero) is 1. The molecule has 2 N–H and O–H groups in total. The number of nitrogens with one attached hydrogen (secondary N) is 1. The van der Waals surface area contributed by atoms with Crippen molar-refractivity contribution < 1.29 is 14.7 Å². The van der Waals surface area contributed by atoms with Crippen LogP contribution >= 0.6 is 11.6 Å². The number of hydrogen-bond donors (Lipinski definition) is 2. The monoisotopic (exact) mass is 585 g/mol. The fourth-order valence-corrected chi connectivity index (χ4v) is 6.83. The Morgan fingerprint density at radius 2 is 1.43 bits per heavy atom. The Morgan fingerprint density at radius 3 is 1.98 bits per heavy atom. The molecule has 1 fully saturated rings. The molecule has 0 bridgehead atoms. The molecule has 1 unspecified atom stereocenters. The summed E-state index contributed by atoms with van der Waals surface area (Å²) in [5.74, 6) is -0.648. The highest BCUT2D eigenvalue weighted by Gasteiger charge is 2.41. The van der Waals surface area contributed by atoms with E-state index in [1.54, 1.807) is 12.1 Å². The van der Waals surface area contributed by atoms with Crippen LogP contribution in [0.2, 0.25) is 5.02 Å². The molecule has 3 aromatic carbocycles. The van der Waals surface area contributed by atoms with E-state index in [9.17, 15) is 9.59 Å². The van der Waals surface area contributed by atoms with Crippen LogP contribution in [0.1, 0.15) is 110 Å². The van der Waals surface area contributed by atoms with E-state index in [-0.39, 0.29) is 16.6 Å². The second kappa shape index (κ2) is 12.2. The molecular formula is C37H44ClNO3. The van der Waals surface area contributed by atoms with E-state index in [4.69, 9.17) is 16.7 Å². The van der Waals surface area contributed by atoms with Crippen LogP contribution in [0.3, 0.4) is 0 Å². The fourth-order valence-electron chi connectivity index (χ4n) is 6.54. The van der Waals surface area contributed by atoms with E-state index in [2.05, 4.69) is 58.6 Å². The average Bonchev–Trinajstić information content (AvgIpc) is 2.96. The minimum absolute atomic E-state index is 0.154. The first-order valence-corrected chi connectivity index (χ1v) is 15.3. The molecule has 4 nitrogen and oxygen atoms in total. The predicted octanol–water partition coefficient (Wildman–Crippen LogP) is 9.00. The van der Waals surface area contributed by atoms with E-state index in [0.717, 1.165) is 41.5 Å². The number of halogens is 1. The van der Waals surface area contributed by atoms with Gasteiger partial charge in [-0.05, 0) is 108 Å². The van der Waals surface area contributed by atoms with Crippen molar-refractivity contribution in [3.8, 4) is 0 Å². The van der Waals surface area contributed by atoms with Crippen LogP contribution in [0.25, 0.3) is 5.57 Å². The summed E-state index contributed by atoms with van der Waals surface area (Å²) in [6.07, 6.45) is 5.92. The number of carboxylic acid groups (broad SMARTS) is 1. The van der Waals surface area contributed by atoms with Crippen LogP contribution in [0.15, 0.2) is 67.2 Å². The summed E-state index contributed by atoms with van der Waals surface area (Å²) in [4.78, 5) is 23.3. The summed E-state index contributed by atoms with van der Waals surface area (Å²) < 4.78 is 0. The van der Waals surface area contributed by atoms with E-state index in [1.807, 2.05) is 43.4 Å². The zero-order valence-corrected chi connectivity index (χ0v) is 26.6. The predicted molar refractivity (Wildman–Crippen MR) is 174 cm³/mol. The first-order valence-electron chi connectivity index (χ1n) is 14.9. The number of hydrogen-bond acceptors (Lipinski definition) is 3. The van der Waals surface area contributed by atoms with Crippen LogP contribution in [0.4, 0.5) is 0 Å². The van der Waals surface area contributed by atoms with Crippen LogP contribution in [-0.4, -0.2) is 23.9 Å². The van der Waals surface area contributed by atoms with Crippen molar-refractivity contribution in [2.45, 2.75) is 89.5 Å². The topological polar surface area (TPSA) is 66.4 Å². The lowest BCUT2D eigenvalue weighted by molar-refractivity contribution is -0.127. The molecule has 0 saturated heterocycles. The molecule has 3 aromatic rings. The molecule has 0 radical (unpaired) electrons. The van der Waals surface area contributed by atoms with E-state index in [1.165, 1.54) is 29.5 Å². The highest BCUT2D eigenvalue weighted by atomic mass is 35.5. The standard InChI is InChI=1S/C24H28O2.C13H16ClNO/c1-15-13-20-21(24(5,6)12-11-23(20,3)4)14-19(15)16(2)17-7-9-18(10-8-17)22(25)26;1-15-13(9-5-4-8-12(13)16)10-6-2-3-7-11(10)14/h7-10,13-14H,2,11-12H2,1,3-6H3,(H,25,26);2-3,6-7,15H,4-5,8-9H2,1H3. The lowest BCUT2D eigenvalue weighted by atomic mass is 9.62. The third-order valence-corrected chi connectivity index (χ3v) is 9.77. The number of aromatic carboxylic acids is 1. The Bertz CT molecular complexity index is 1500. The number of carboxylic acids is 1. The molecule has 5 rings (SSSR count). The molecule has 1 atom stereocenters. The molecule has 1 saturated carbocycles. The van der Waals surface area contributed by atoms with Gasteiger partial charge in [-0.3, -0.25) is 4.79 Å². The third kappa shape index (κ3) is 6.11. The van der Waals surface area contributed by atoms with Crippen molar-refractivity contribution in [1.82, 2.24) is 5.32 Å². The van der Waals surface area contributed by atoms with E-state index >= 15 is 0 Å². The van der Waals surface area contributed by atoms with Crippen molar-refractivity contribution >= 4 is 28.9 Å². The smallest absolute Gasteiger partial charge is 0.335 e. The second-order valence-corrected chi connectivity index (χ2v) is 13.5. The maximum Gasteiger partial charge on any atom is 0.335 e. The van der Waals surface area contributed by atoms with Crippen molar-refractivity contribution in [2.24, 2.45) is 0 Å². The molecular weight excluding hydrogens is 542 g/mol. The summed E-state index contributed by atoms with van der Waals surface area (Å²) in [5, 5.41) is 13.0. The average molecular weight is 586 g/mol. The van der Waals surface area contributed by atoms with Crippen LogP contribution in [0.5, 0.6) is 0 Å². The molecule has 5 heteroatoms. The molecule has 0 heterocycles. The minimum atomic E-state index is -0.906. The van der Waals surface area contributed by atoms with E-state index < -0.39 is 11.5 Å². The molecule has 0 aliphatic heterocycles. The SMILES string of the molecule is C=C(c1ccc(C(=O)O)cc1)c1cc2c(cc1C)C(C)(C)CCC2(C)C.CNC1(c2ccccc2Cl)CCCCC1=O. The number of aryl methyl sites for hydroxylation is 1. The van der Waals surface area contributed by atoms with Gasteiger partial charge in [0.15, 0.2) is 5.78 Å². The zero-order valence-electron chi connectivity index (χ0n) is 25.9. The van der Waals surface area contributed by atoms with Crippen molar-refractivity contribution in [2.75, 3.05) is 7.05 Å². The summed E-state index contributed by atoms with van der Waals surface area (Å²) in [7, 11) is 1.84. The quantitative estimate of drug-likeness (QED) is 0.313. The van der Waals surface area contributed by atoms with Gasteiger partial charge in [0.1, 0.15) is 5.54 Å². The van der Waals surface area contributed by atoms with Gasteiger partial charge < -0.3 is 10.4 Å². The van der Waals surface area contributed by atoms with Crippen molar-refractivity contribution in [1.29, 1.82) is 0 Å². The molecule has 2 aliphatic carbocycles. The maximum atomic E-state index is 12.2. The summed E-state index contributed by atoms with van der Waals surface area (Å²) in [5.41, 5.74) is 8.15. The van der Waals surface area contributed by atoms with Gasteiger partial charge in [-0.15, -0.1) is 0 Å². The Morgan fingerprint density at radius 1 is 0.857 bits per heavy atom. The van der Waals surface area contributed by atoms with Gasteiger partial charge in [0.05, 0.1) is 5.56 Å². The van der Waals surface area contributed by atoms with Crippen molar-refractivity contribution in [3.63, 3.8) is 0 Å². The van der Waals surface area contributed by atoms with Gasteiger partial charge in [-0.25, -0.2) is 4.79 Å². The van der Waals surface area contributed by atoms with Crippen LogP contribution in [-0.2, 0) is 21.2 Å². The lowest BCUT2D eigenvalue weighted by Gasteiger charge is -2.42. The van der Waals surface area contributed by atoms with Crippen LogP contribution in [0, 0.1) is 6.92 Å². The summed E-state index contributed by atoms with van der Waals surface area (Å²) in [6.45, 7) is 15.8. The number of carbonyl (C=O) groups excluding carboxylic acids is 1. The van der Waals surface area contributed by atoms with Gasteiger partial charge in [-0.1, -0.05) is 94.8 Å². The summed E-state index contributed by atoms with van der Waals surface area (Å²) in [6, 6.07) is 19.2. The zero-order chi connectivity index (χ0) is 30.9. The first kappa shape index (κ1) is 31.7. The highest BCUT2D eigenvalue weighted by molar-refractivity contribution is 6.31. The number of benzene rings is 3.